The van der Waals surface area contributed by atoms with Gasteiger partial charge < -0.3 is 14.7 Å². The van der Waals surface area contributed by atoms with Crippen LogP contribution in [0.3, 0.4) is 0 Å². The average molecular weight is 577 g/mol. The van der Waals surface area contributed by atoms with Gasteiger partial charge in [-0.2, -0.15) is 18.3 Å². The molecule has 1 aliphatic carbocycles. The maximum Gasteiger partial charge on any atom is 0.434 e. The van der Waals surface area contributed by atoms with Crippen LogP contribution in [-0.2, 0) is 12.8 Å². The van der Waals surface area contributed by atoms with E-state index >= 15 is 0 Å². The minimum atomic E-state index is -4.94. The molecule has 1 saturated carbocycles. The summed E-state index contributed by atoms with van der Waals surface area (Å²) in [6.45, 7) is 3.90. The largest absolute Gasteiger partial charge is 0.488 e. The molecule has 0 unspecified atom stereocenters. The Labute approximate surface area is 241 Å². The van der Waals surface area contributed by atoms with Crippen LogP contribution < -0.4 is 4.74 Å². The van der Waals surface area contributed by atoms with Crippen LogP contribution in [0.25, 0.3) is 17.1 Å². The molecule has 10 heteroatoms. The van der Waals surface area contributed by atoms with E-state index in [1.807, 2.05) is 6.07 Å². The predicted molar refractivity (Wildman–Crippen MR) is 151 cm³/mol. The number of rotatable bonds is 9. The van der Waals surface area contributed by atoms with E-state index in [0.29, 0.717) is 40.4 Å². The minimum absolute atomic E-state index is 0.156. The number of nitrogens with zero attached hydrogens (tertiary/aromatic N) is 4. The highest BCUT2D eigenvalue weighted by Gasteiger charge is 2.41. The molecule has 0 spiro atoms. The Bertz CT molecular complexity index is 1560. The van der Waals surface area contributed by atoms with Crippen LogP contribution in [0.4, 0.5) is 13.2 Å². The van der Waals surface area contributed by atoms with Gasteiger partial charge in [-0.25, -0.2) is 14.5 Å². The molecule has 0 amide bonds. The number of piperidine rings is 1. The number of likely N-dealkylation sites (tertiary alicyclic amines) is 1. The van der Waals surface area contributed by atoms with Crippen LogP contribution >= 0.6 is 0 Å². The molecule has 1 saturated heterocycles. The van der Waals surface area contributed by atoms with Crippen LogP contribution in [0.5, 0.6) is 5.75 Å². The molecule has 0 bridgehead atoms. The number of aromatic nitrogens is 3. The summed E-state index contributed by atoms with van der Waals surface area (Å²) in [6.07, 6.45) is 0.886. The standard InChI is InChI=1S/C32H31F3N4O3/c33-32(34,35)30-26(31(40)41)18-36-39(30)29-7-3-5-27(37-29)25-4-1-2-6-28(25)42-20-22-10-12-23(13-11-22)24-14-16-38(17-15-24)19-21-8-9-21/h1-7,10-13,18,21,24H,8-9,14-17,19-20H2,(H,40,41). The van der Waals surface area contributed by atoms with E-state index in [1.54, 1.807) is 30.3 Å². The SMILES string of the molecule is O=C(O)c1cnn(-c2cccc(-c3ccccc3OCc3ccc(C4CCN(CC5CC5)CC4)cc3)n2)c1C(F)(F)F. The molecule has 218 valence electrons. The van der Waals surface area contributed by atoms with Gasteiger partial charge in [-0.3, -0.25) is 0 Å². The Morgan fingerprint density at radius 1 is 0.952 bits per heavy atom. The first kappa shape index (κ1) is 28.0. The predicted octanol–water partition coefficient (Wildman–Crippen LogP) is 6.82. The normalized spacial score (nSPS) is 16.5. The number of carboxylic acids is 1. The van der Waals surface area contributed by atoms with Gasteiger partial charge in [0.2, 0.25) is 0 Å². The molecular weight excluding hydrogens is 545 g/mol. The van der Waals surface area contributed by atoms with Crippen LogP contribution in [-0.4, -0.2) is 50.4 Å². The number of ether oxygens (including phenoxy) is 1. The molecule has 1 aliphatic heterocycles. The van der Waals surface area contributed by atoms with Gasteiger partial charge >= 0.3 is 12.1 Å². The third-order valence-corrected chi connectivity index (χ3v) is 8.03. The van der Waals surface area contributed by atoms with Crippen molar-refractivity contribution in [1.29, 1.82) is 0 Å². The third kappa shape index (κ3) is 6.18. The molecule has 2 aromatic carbocycles. The van der Waals surface area contributed by atoms with Gasteiger partial charge in [-0.05, 0) is 86.0 Å². The first-order valence-electron chi connectivity index (χ1n) is 14.2. The fraction of sp³-hybridized carbons (Fsp3) is 0.344. The lowest BCUT2D eigenvalue weighted by atomic mass is 9.89. The molecule has 2 aromatic heterocycles. The van der Waals surface area contributed by atoms with Gasteiger partial charge in [0.1, 0.15) is 17.9 Å². The van der Waals surface area contributed by atoms with Crippen molar-refractivity contribution in [2.45, 2.75) is 44.4 Å². The maximum absolute atomic E-state index is 13.8. The van der Waals surface area contributed by atoms with Crippen LogP contribution in [0.15, 0.2) is 72.9 Å². The van der Waals surface area contributed by atoms with Crippen LogP contribution in [0.1, 0.15) is 58.8 Å². The molecule has 7 nitrogen and oxygen atoms in total. The van der Waals surface area contributed by atoms with Gasteiger partial charge in [0.05, 0.1) is 11.9 Å². The maximum atomic E-state index is 13.8. The Balaban J connectivity index is 1.16. The molecular formula is C32H31F3N4O3. The van der Waals surface area contributed by atoms with E-state index < -0.39 is 23.4 Å². The summed E-state index contributed by atoms with van der Waals surface area (Å²) < 4.78 is 47.9. The summed E-state index contributed by atoms with van der Waals surface area (Å²) in [5.74, 6) is 0.156. The van der Waals surface area contributed by atoms with Crippen LogP contribution in [0, 0.1) is 5.92 Å². The van der Waals surface area contributed by atoms with Gasteiger partial charge in [-0.1, -0.05) is 42.5 Å². The zero-order valence-electron chi connectivity index (χ0n) is 22.9. The van der Waals surface area contributed by atoms with Crippen molar-refractivity contribution in [2.24, 2.45) is 5.92 Å². The van der Waals surface area contributed by atoms with E-state index in [-0.39, 0.29) is 5.82 Å². The lowest BCUT2D eigenvalue weighted by molar-refractivity contribution is -0.143. The van der Waals surface area contributed by atoms with Gasteiger partial charge in [0, 0.05) is 12.1 Å². The Morgan fingerprint density at radius 2 is 1.69 bits per heavy atom. The van der Waals surface area contributed by atoms with E-state index in [2.05, 4.69) is 39.2 Å². The molecule has 6 rings (SSSR count). The molecule has 1 N–H and O–H groups in total. The topological polar surface area (TPSA) is 80.5 Å². The number of carbonyl (C=O) groups is 1. The zero-order valence-corrected chi connectivity index (χ0v) is 22.9. The molecule has 0 atom stereocenters. The van der Waals surface area contributed by atoms with Gasteiger partial charge in [-0.15, -0.1) is 0 Å². The third-order valence-electron chi connectivity index (χ3n) is 8.03. The summed E-state index contributed by atoms with van der Waals surface area (Å²) in [6, 6.07) is 20.3. The summed E-state index contributed by atoms with van der Waals surface area (Å²) >= 11 is 0. The summed E-state index contributed by atoms with van der Waals surface area (Å²) in [4.78, 5) is 18.4. The second-order valence-corrected chi connectivity index (χ2v) is 11.0. The van der Waals surface area contributed by atoms with Gasteiger partial charge in [0.15, 0.2) is 11.5 Å². The van der Waals surface area contributed by atoms with Crippen molar-refractivity contribution >= 4 is 5.97 Å². The Hall–Kier alpha value is -4.18. The number of aromatic carboxylic acids is 1. The van der Waals surface area contributed by atoms with Crippen LogP contribution in [0.2, 0.25) is 0 Å². The van der Waals surface area contributed by atoms with Gasteiger partial charge in [0.25, 0.3) is 0 Å². The van der Waals surface area contributed by atoms with Crippen molar-refractivity contribution < 1.29 is 27.8 Å². The number of benzene rings is 2. The fourth-order valence-corrected chi connectivity index (χ4v) is 5.61. The summed E-state index contributed by atoms with van der Waals surface area (Å²) in [5.41, 5.74) is 0.989. The number of carboxylic acid groups (broad SMARTS) is 1. The van der Waals surface area contributed by atoms with E-state index in [9.17, 15) is 23.1 Å². The smallest absolute Gasteiger partial charge is 0.434 e. The quantitative estimate of drug-likeness (QED) is 0.236. The Morgan fingerprint density at radius 3 is 2.38 bits per heavy atom. The lowest BCUT2D eigenvalue weighted by Gasteiger charge is -2.32. The average Bonchev–Trinajstić information content (AvgIpc) is 3.68. The monoisotopic (exact) mass is 576 g/mol. The van der Waals surface area contributed by atoms with Crippen molar-refractivity contribution in [3.63, 3.8) is 0 Å². The second-order valence-electron chi connectivity index (χ2n) is 11.0. The fourth-order valence-electron chi connectivity index (χ4n) is 5.61. The zero-order chi connectivity index (χ0) is 29.3. The first-order chi connectivity index (χ1) is 20.3. The highest BCUT2D eigenvalue weighted by molar-refractivity contribution is 5.89. The highest BCUT2D eigenvalue weighted by Crippen LogP contribution is 2.36. The number of para-hydroxylation sites is 1. The number of hydrogen-bond donors (Lipinski definition) is 1. The molecule has 42 heavy (non-hydrogen) atoms. The van der Waals surface area contributed by atoms with E-state index in [4.69, 9.17) is 4.74 Å². The van der Waals surface area contributed by atoms with E-state index in [0.717, 1.165) is 24.6 Å². The molecule has 3 heterocycles. The number of pyridine rings is 1. The molecule has 2 fully saturated rings. The van der Waals surface area contributed by atoms with Crippen molar-refractivity contribution in [3.8, 4) is 22.8 Å². The molecule has 0 radical (unpaired) electrons. The van der Waals surface area contributed by atoms with Crippen molar-refractivity contribution in [1.82, 2.24) is 19.7 Å². The number of halogens is 3. The first-order valence-corrected chi connectivity index (χ1v) is 14.2. The second kappa shape index (κ2) is 11.6. The minimum Gasteiger partial charge on any atom is -0.488 e. The number of hydrogen-bond acceptors (Lipinski definition) is 5. The summed E-state index contributed by atoms with van der Waals surface area (Å²) in [5, 5.41) is 12.9. The number of alkyl halides is 3. The van der Waals surface area contributed by atoms with Crippen molar-refractivity contribution in [2.75, 3.05) is 19.6 Å². The highest BCUT2D eigenvalue weighted by atomic mass is 19.4. The Kier molecular flexibility index (Phi) is 7.72. The molecule has 4 aromatic rings. The molecule has 2 aliphatic rings. The van der Waals surface area contributed by atoms with Crippen molar-refractivity contribution in [3.05, 3.63) is 95.3 Å². The van der Waals surface area contributed by atoms with E-state index in [1.165, 1.54) is 43.9 Å². The summed E-state index contributed by atoms with van der Waals surface area (Å²) in [7, 11) is 0. The lowest BCUT2D eigenvalue weighted by Crippen LogP contribution is -2.34.